The van der Waals surface area contributed by atoms with Gasteiger partial charge in [0.1, 0.15) is 6.54 Å². The first-order chi connectivity index (χ1) is 9.97. The fourth-order valence-electron chi connectivity index (χ4n) is 2.07. The van der Waals surface area contributed by atoms with Gasteiger partial charge in [0.2, 0.25) is 5.89 Å². The first-order valence-corrected chi connectivity index (χ1v) is 6.61. The molecule has 2 aromatic rings. The van der Waals surface area contributed by atoms with E-state index in [4.69, 9.17) is 4.52 Å². The van der Waals surface area contributed by atoms with Crippen LogP contribution >= 0.6 is 0 Å². The molecule has 1 aliphatic rings. The Morgan fingerprint density at radius 1 is 1.43 bits per heavy atom. The molecule has 21 heavy (non-hydrogen) atoms. The van der Waals surface area contributed by atoms with Gasteiger partial charge in [-0.05, 0) is 19.8 Å². The maximum Gasteiger partial charge on any atom is 0.331 e. The molecule has 0 amide bonds. The first kappa shape index (κ1) is 13.5. The molecule has 0 bridgehead atoms. The molecule has 0 saturated heterocycles. The van der Waals surface area contributed by atoms with E-state index < -0.39 is 17.0 Å². The van der Waals surface area contributed by atoms with Crippen molar-refractivity contribution in [3.05, 3.63) is 44.3 Å². The Hall–Kier alpha value is -2.51. The molecule has 8 heteroatoms. The standard InChI is InChI=1S/C13H14N4O4/c1-7(18)9-5-17(13(20)16(2)12(9)19)6-10-14-11(15-21-10)8-3-4-8/h5,8H,3-4,6H2,1-2H3. The fourth-order valence-corrected chi connectivity index (χ4v) is 2.07. The summed E-state index contributed by atoms with van der Waals surface area (Å²) in [6.45, 7) is 1.32. The predicted octanol–water partition coefficient (Wildman–Crippen LogP) is 0.0583. The molecule has 0 aliphatic heterocycles. The number of carbonyl (C=O) groups excluding carboxylic acids is 1. The van der Waals surface area contributed by atoms with E-state index in [0.717, 1.165) is 17.4 Å². The van der Waals surface area contributed by atoms with Crippen LogP contribution < -0.4 is 11.2 Å². The van der Waals surface area contributed by atoms with Crippen LogP contribution in [0.2, 0.25) is 0 Å². The zero-order chi connectivity index (χ0) is 15.1. The summed E-state index contributed by atoms with van der Waals surface area (Å²) in [6, 6.07) is 0. The Bertz CT molecular complexity index is 825. The summed E-state index contributed by atoms with van der Waals surface area (Å²) in [5, 5.41) is 3.86. The lowest BCUT2D eigenvalue weighted by molar-refractivity contribution is 0.101. The summed E-state index contributed by atoms with van der Waals surface area (Å²) in [4.78, 5) is 39.5. The second-order valence-corrected chi connectivity index (χ2v) is 5.19. The van der Waals surface area contributed by atoms with Crippen molar-refractivity contribution >= 4 is 5.78 Å². The molecule has 0 atom stereocenters. The van der Waals surface area contributed by atoms with Crippen LogP contribution in [0.25, 0.3) is 0 Å². The highest BCUT2D eigenvalue weighted by Gasteiger charge is 2.28. The first-order valence-electron chi connectivity index (χ1n) is 6.61. The summed E-state index contributed by atoms with van der Waals surface area (Å²) in [7, 11) is 1.33. The molecular weight excluding hydrogens is 276 g/mol. The molecule has 1 saturated carbocycles. The van der Waals surface area contributed by atoms with Crippen molar-refractivity contribution in [2.24, 2.45) is 7.05 Å². The Morgan fingerprint density at radius 2 is 2.14 bits per heavy atom. The van der Waals surface area contributed by atoms with E-state index in [1.165, 1.54) is 24.7 Å². The maximum atomic E-state index is 12.0. The van der Waals surface area contributed by atoms with Crippen molar-refractivity contribution in [3.8, 4) is 0 Å². The molecule has 0 spiro atoms. The van der Waals surface area contributed by atoms with E-state index in [1.54, 1.807) is 0 Å². The quantitative estimate of drug-likeness (QED) is 0.738. The molecule has 3 rings (SSSR count). The number of rotatable bonds is 4. The van der Waals surface area contributed by atoms with Crippen molar-refractivity contribution in [3.63, 3.8) is 0 Å². The monoisotopic (exact) mass is 290 g/mol. The molecule has 1 aliphatic carbocycles. The van der Waals surface area contributed by atoms with Gasteiger partial charge in [-0.2, -0.15) is 4.98 Å². The van der Waals surface area contributed by atoms with Gasteiger partial charge < -0.3 is 4.52 Å². The van der Waals surface area contributed by atoms with E-state index in [0.29, 0.717) is 11.7 Å². The summed E-state index contributed by atoms with van der Waals surface area (Å²) in [6.07, 6.45) is 3.34. The van der Waals surface area contributed by atoms with E-state index in [2.05, 4.69) is 10.1 Å². The molecule has 8 nitrogen and oxygen atoms in total. The van der Waals surface area contributed by atoms with Gasteiger partial charge >= 0.3 is 5.69 Å². The van der Waals surface area contributed by atoms with Crippen molar-refractivity contribution in [1.29, 1.82) is 0 Å². The molecular formula is C13H14N4O4. The minimum atomic E-state index is -0.604. The molecule has 0 aromatic carbocycles. The zero-order valence-corrected chi connectivity index (χ0v) is 11.7. The summed E-state index contributed by atoms with van der Waals surface area (Å²) < 4.78 is 7.22. The van der Waals surface area contributed by atoms with Crippen LogP contribution in [0.1, 0.15) is 47.8 Å². The van der Waals surface area contributed by atoms with Crippen LogP contribution in [-0.2, 0) is 13.6 Å². The van der Waals surface area contributed by atoms with Crippen molar-refractivity contribution in [2.75, 3.05) is 0 Å². The second kappa shape index (κ2) is 4.80. The van der Waals surface area contributed by atoms with Gasteiger partial charge in [0.25, 0.3) is 5.56 Å². The van der Waals surface area contributed by atoms with Gasteiger partial charge in [-0.25, -0.2) is 4.79 Å². The highest BCUT2D eigenvalue weighted by Crippen LogP contribution is 2.38. The van der Waals surface area contributed by atoms with Gasteiger partial charge in [0.05, 0.1) is 5.56 Å². The van der Waals surface area contributed by atoms with Gasteiger partial charge in [0, 0.05) is 19.2 Å². The van der Waals surface area contributed by atoms with E-state index in [1.807, 2.05) is 0 Å². The molecule has 0 radical (unpaired) electrons. The summed E-state index contributed by atoms with van der Waals surface area (Å²) in [5.41, 5.74) is -1.18. The minimum Gasteiger partial charge on any atom is -0.337 e. The third-order valence-corrected chi connectivity index (χ3v) is 3.46. The van der Waals surface area contributed by atoms with Crippen LogP contribution in [0.4, 0.5) is 0 Å². The topological polar surface area (TPSA) is 100.0 Å². The largest absolute Gasteiger partial charge is 0.337 e. The van der Waals surface area contributed by atoms with E-state index >= 15 is 0 Å². The van der Waals surface area contributed by atoms with Crippen LogP contribution in [0.3, 0.4) is 0 Å². The molecule has 2 aromatic heterocycles. The fraction of sp³-hybridized carbons (Fsp3) is 0.462. The van der Waals surface area contributed by atoms with Gasteiger partial charge in [-0.15, -0.1) is 0 Å². The van der Waals surface area contributed by atoms with Crippen LogP contribution in [0.5, 0.6) is 0 Å². The number of Topliss-reactive ketones (excluding diaryl/α,β-unsaturated/α-hetero) is 1. The van der Waals surface area contributed by atoms with Crippen LogP contribution in [-0.4, -0.2) is 25.1 Å². The van der Waals surface area contributed by atoms with Crippen molar-refractivity contribution in [1.82, 2.24) is 19.3 Å². The van der Waals surface area contributed by atoms with Gasteiger partial charge in [-0.3, -0.25) is 18.7 Å². The van der Waals surface area contributed by atoms with Gasteiger partial charge in [0.15, 0.2) is 11.6 Å². The summed E-state index contributed by atoms with van der Waals surface area (Å²) in [5.74, 6) is 0.891. The van der Waals surface area contributed by atoms with Gasteiger partial charge in [-0.1, -0.05) is 5.16 Å². The average Bonchev–Trinajstić information content (AvgIpc) is 3.19. The van der Waals surface area contributed by atoms with Crippen LogP contribution in [0.15, 0.2) is 20.3 Å². The number of hydrogen-bond donors (Lipinski definition) is 0. The number of aromatic nitrogens is 4. The predicted molar refractivity (Wildman–Crippen MR) is 71.3 cm³/mol. The zero-order valence-electron chi connectivity index (χ0n) is 11.7. The average molecular weight is 290 g/mol. The lowest BCUT2D eigenvalue weighted by Gasteiger charge is -2.06. The molecule has 0 unspecified atom stereocenters. The highest BCUT2D eigenvalue weighted by atomic mass is 16.5. The molecule has 2 heterocycles. The molecule has 1 fully saturated rings. The van der Waals surface area contributed by atoms with Crippen LogP contribution in [0, 0.1) is 0 Å². The molecule has 0 N–H and O–H groups in total. The Labute approximate surface area is 119 Å². The third-order valence-electron chi connectivity index (χ3n) is 3.46. The number of hydrogen-bond acceptors (Lipinski definition) is 6. The number of carbonyl (C=O) groups is 1. The molecule has 110 valence electrons. The maximum absolute atomic E-state index is 12.0. The van der Waals surface area contributed by atoms with E-state index in [-0.39, 0.29) is 18.0 Å². The Kier molecular flexibility index (Phi) is 3.08. The van der Waals surface area contributed by atoms with Crippen molar-refractivity contribution in [2.45, 2.75) is 32.2 Å². The Morgan fingerprint density at radius 3 is 2.76 bits per heavy atom. The summed E-state index contributed by atoms with van der Waals surface area (Å²) >= 11 is 0. The smallest absolute Gasteiger partial charge is 0.331 e. The van der Waals surface area contributed by atoms with E-state index in [9.17, 15) is 14.4 Å². The Balaban J connectivity index is 1.99. The highest BCUT2D eigenvalue weighted by molar-refractivity contribution is 5.93. The normalized spacial score (nSPS) is 14.4. The SMILES string of the molecule is CC(=O)c1cn(Cc2nc(C3CC3)no2)c(=O)n(C)c1=O. The number of ketones is 1. The van der Waals surface area contributed by atoms with Crippen molar-refractivity contribution < 1.29 is 9.32 Å². The lowest BCUT2D eigenvalue weighted by Crippen LogP contribution is -2.40. The second-order valence-electron chi connectivity index (χ2n) is 5.19. The minimum absolute atomic E-state index is 0.0347. The number of nitrogens with zero attached hydrogens (tertiary/aromatic N) is 4. The lowest BCUT2D eigenvalue weighted by atomic mass is 10.2. The third kappa shape index (κ3) is 2.44.